The van der Waals surface area contributed by atoms with Crippen LogP contribution in [0.4, 0.5) is 0 Å². The third-order valence-corrected chi connectivity index (χ3v) is 3.18. The molecule has 0 saturated carbocycles. The summed E-state index contributed by atoms with van der Waals surface area (Å²) in [4.78, 5) is 11.6. The first-order valence-electron chi connectivity index (χ1n) is 7.28. The smallest absolute Gasteiger partial charge is 0.307 e. The number of carbonyl (C=O) groups is 1. The van der Waals surface area contributed by atoms with Gasteiger partial charge in [-0.1, -0.05) is 43.7 Å². The Kier molecular flexibility index (Phi) is 7.92. The van der Waals surface area contributed by atoms with Crippen LogP contribution in [0.2, 0.25) is 0 Å². The maximum atomic E-state index is 11.6. The molecule has 1 rings (SSSR count). The van der Waals surface area contributed by atoms with Gasteiger partial charge >= 0.3 is 5.97 Å². The Balaban J connectivity index is 2.64. The molecule has 0 bridgehead atoms. The highest BCUT2D eigenvalue weighted by Crippen LogP contribution is 2.15. The summed E-state index contributed by atoms with van der Waals surface area (Å²) in [5, 5.41) is 12.9. The summed E-state index contributed by atoms with van der Waals surface area (Å²) in [7, 11) is 0. The SMILES string of the molecule is CCC[C@@H](CC(=O)OCC)N[C@@H](CO)c1ccccc1. The summed E-state index contributed by atoms with van der Waals surface area (Å²) >= 11 is 0. The number of hydrogen-bond acceptors (Lipinski definition) is 4. The van der Waals surface area contributed by atoms with Gasteiger partial charge in [-0.15, -0.1) is 0 Å². The van der Waals surface area contributed by atoms with E-state index >= 15 is 0 Å². The van der Waals surface area contributed by atoms with Crippen LogP contribution in [0.15, 0.2) is 30.3 Å². The Morgan fingerprint density at radius 2 is 2.00 bits per heavy atom. The molecule has 2 N–H and O–H groups in total. The van der Waals surface area contributed by atoms with E-state index < -0.39 is 0 Å². The van der Waals surface area contributed by atoms with E-state index in [-0.39, 0.29) is 24.7 Å². The summed E-state index contributed by atoms with van der Waals surface area (Å²) in [5.41, 5.74) is 1.03. The molecular formula is C16H25NO3. The molecule has 0 radical (unpaired) electrons. The Labute approximate surface area is 121 Å². The van der Waals surface area contributed by atoms with Gasteiger partial charge < -0.3 is 15.2 Å². The molecule has 2 atom stereocenters. The largest absolute Gasteiger partial charge is 0.466 e. The van der Waals surface area contributed by atoms with Gasteiger partial charge in [-0.3, -0.25) is 4.79 Å². The molecule has 0 aliphatic carbocycles. The van der Waals surface area contributed by atoms with Crippen LogP contribution in [0.25, 0.3) is 0 Å². The predicted molar refractivity (Wildman–Crippen MR) is 79.4 cm³/mol. The Morgan fingerprint density at radius 1 is 1.30 bits per heavy atom. The van der Waals surface area contributed by atoms with E-state index in [2.05, 4.69) is 12.2 Å². The lowest BCUT2D eigenvalue weighted by molar-refractivity contribution is -0.143. The monoisotopic (exact) mass is 279 g/mol. The van der Waals surface area contributed by atoms with Crippen molar-refractivity contribution in [3.8, 4) is 0 Å². The summed E-state index contributed by atoms with van der Waals surface area (Å²) in [5.74, 6) is -0.191. The third-order valence-electron chi connectivity index (χ3n) is 3.18. The average Bonchev–Trinajstić information content (AvgIpc) is 2.46. The Hall–Kier alpha value is -1.39. The lowest BCUT2D eigenvalue weighted by atomic mass is 10.0. The average molecular weight is 279 g/mol. The van der Waals surface area contributed by atoms with E-state index in [9.17, 15) is 9.90 Å². The maximum absolute atomic E-state index is 11.6. The van der Waals surface area contributed by atoms with Crippen molar-refractivity contribution in [3.05, 3.63) is 35.9 Å². The van der Waals surface area contributed by atoms with Crippen molar-refractivity contribution < 1.29 is 14.6 Å². The standard InChI is InChI=1S/C16H25NO3/c1-3-8-14(11-16(19)20-4-2)17-15(12-18)13-9-6-5-7-10-13/h5-7,9-10,14-15,17-18H,3-4,8,11-12H2,1-2H3/t14-,15-/m0/s1. The highest BCUT2D eigenvalue weighted by atomic mass is 16.5. The zero-order chi connectivity index (χ0) is 14.8. The number of aliphatic hydroxyl groups is 1. The molecule has 0 unspecified atom stereocenters. The molecule has 1 aromatic rings. The van der Waals surface area contributed by atoms with E-state index in [0.717, 1.165) is 18.4 Å². The number of nitrogens with one attached hydrogen (secondary N) is 1. The van der Waals surface area contributed by atoms with Crippen LogP contribution in [0, 0.1) is 0 Å². The molecule has 4 nitrogen and oxygen atoms in total. The lowest BCUT2D eigenvalue weighted by Crippen LogP contribution is -2.36. The zero-order valence-electron chi connectivity index (χ0n) is 12.3. The number of esters is 1. The fourth-order valence-corrected chi connectivity index (χ4v) is 2.24. The number of rotatable bonds is 9. The van der Waals surface area contributed by atoms with E-state index in [1.807, 2.05) is 30.3 Å². The van der Waals surface area contributed by atoms with Crippen molar-refractivity contribution in [1.29, 1.82) is 0 Å². The van der Waals surface area contributed by atoms with Crippen LogP contribution in [0.3, 0.4) is 0 Å². The van der Waals surface area contributed by atoms with Crippen molar-refractivity contribution in [2.75, 3.05) is 13.2 Å². The van der Waals surface area contributed by atoms with Crippen LogP contribution >= 0.6 is 0 Å². The van der Waals surface area contributed by atoms with E-state index in [1.165, 1.54) is 0 Å². The molecule has 0 aliphatic heterocycles. The molecule has 20 heavy (non-hydrogen) atoms. The van der Waals surface area contributed by atoms with Gasteiger partial charge in [-0.05, 0) is 18.9 Å². The number of aliphatic hydroxyl groups excluding tert-OH is 1. The second kappa shape index (κ2) is 9.50. The maximum Gasteiger partial charge on any atom is 0.307 e. The summed E-state index contributed by atoms with van der Waals surface area (Å²) in [6.07, 6.45) is 2.19. The van der Waals surface area contributed by atoms with Crippen LogP contribution in [-0.2, 0) is 9.53 Å². The number of carbonyl (C=O) groups excluding carboxylic acids is 1. The molecule has 4 heteroatoms. The molecule has 0 fully saturated rings. The molecule has 112 valence electrons. The van der Waals surface area contributed by atoms with Crippen LogP contribution < -0.4 is 5.32 Å². The van der Waals surface area contributed by atoms with Gasteiger partial charge in [0.25, 0.3) is 0 Å². The van der Waals surface area contributed by atoms with Gasteiger partial charge in [0.2, 0.25) is 0 Å². The first-order chi connectivity index (χ1) is 9.71. The Morgan fingerprint density at radius 3 is 2.55 bits per heavy atom. The Bertz CT molecular complexity index is 381. The van der Waals surface area contributed by atoms with Gasteiger partial charge in [0, 0.05) is 6.04 Å². The minimum atomic E-state index is -0.191. The van der Waals surface area contributed by atoms with Gasteiger partial charge in [0.1, 0.15) is 0 Å². The molecule has 1 aromatic carbocycles. The summed E-state index contributed by atoms with van der Waals surface area (Å²) in [6.45, 7) is 4.30. The lowest BCUT2D eigenvalue weighted by Gasteiger charge is -2.24. The molecule has 0 heterocycles. The van der Waals surface area contributed by atoms with Gasteiger partial charge in [-0.2, -0.15) is 0 Å². The van der Waals surface area contributed by atoms with Crippen LogP contribution in [-0.4, -0.2) is 30.3 Å². The van der Waals surface area contributed by atoms with Gasteiger partial charge in [-0.25, -0.2) is 0 Å². The predicted octanol–water partition coefficient (Wildman–Crippen LogP) is 2.43. The molecular weight excluding hydrogens is 254 g/mol. The minimum absolute atomic E-state index is 0.00700. The minimum Gasteiger partial charge on any atom is -0.466 e. The van der Waals surface area contributed by atoms with Crippen LogP contribution in [0.5, 0.6) is 0 Å². The van der Waals surface area contributed by atoms with E-state index in [4.69, 9.17) is 4.74 Å². The number of benzene rings is 1. The second-order valence-corrected chi connectivity index (χ2v) is 4.81. The van der Waals surface area contributed by atoms with Crippen LogP contribution in [0.1, 0.15) is 44.7 Å². The molecule has 0 amide bonds. The molecule has 0 spiro atoms. The van der Waals surface area contributed by atoms with Crippen molar-refractivity contribution in [2.45, 2.75) is 45.2 Å². The molecule has 0 saturated heterocycles. The zero-order valence-corrected chi connectivity index (χ0v) is 12.3. The van der Waals surface area contributed by atoms with Crippen molar-refractivity contribution >= 4 is 5.97 Å². The highest BCUT2D eigenvalue weighted by molar-refractivity contribution is 5.70. The summed E-state index contributed by atoms with van der Waals surface area (Å²) in [6, 6.07) is 9.65. The van der Waals surface area contributed by atoms with Gasteiger partial charge in [0.15, 0.2) is 0 Å². The van der Waals surface area contributed by atoms with Crippen molar-refractivity contribution in [3.63, 3.8) is 0 Å². The first-order valence-corrected chi connectivity index (χ1v) is 7.28. The summed E-state index contributed by atoms with van der Waals surface area (Å²) < 4.78 is 5.00. The fraction of sp³-hybridized carbons (Fsp3) is 0.562. The van der Waals surface area contributed by atoms with Gasteiger partial charge in [0.05, 0.1) is 25.7 Å². The fourth-order valence-electron chi connectivity index (χ4n) is 2.24. The molecule has 0 aromatic heterocycles. The van der Waals surface area contributed by atoms with E-state index in [1.54, 1.807) is 6.92 Å². The highest BCUT2D eigenvalue weighted by Gasteiger charge is 2.19. The normalized spacial score (nSPS) is 13.8. The van der Waals surface area contributed by atoms with Crippen molar-refractivity contribution in [2.24, 2.45) is 0 Å². The quantitative estimate of drug-likeness (QED) is 0.682. The first kappa shape index (κ1) is 16.7. The van der Waals surface area contributed by atoms with Crippen molar-refractivity contribution in [1.82, 2.24) is 5.32 Å². The number of ether oxygens (including phenoxy) is 1. The second-order valence-electron chi connectivity index (χ2n) is 4.81. The molecule has 0 aliphatic rings. The number of hydrogen-bond donors (Lipinski definition) is 2. The third kappa shape index (κ3) is 5.72. The topological polar surface area (TPSA) is 58.6 Å². The van der Waals surface area contributed by atoms with E-state index in [0.29, 0.717) is 13.0 Å².